The molecule has 1 aromatic rings. The fourth-order valence-corrected chi connectivity index (χ4v) is 1.34. The van der Waals surface area contributed by atoms with Gasteiger partial charge in [0.25, 0.3) is 0 Å². The molecule has 0 spiro atoms. The smallest absolute Gasteiger partial charge is 0.0518 e. The van der Waals surface area contributed by atoms with Crippen LogP contribution in [0.25, 0.3) is 0 Å². The molecule has 0 fully saturated rings. The lowest BCUT2D eigenvalue weighted by atomic mass is 10.1. The summed E-state index contributed by atoms with van der Waals surface area (Å²) in [7, 11) is 0. The highest BCUT2D eigenvalue weighted by atomic mass is 16.5. The standard InChI is InChI=1S/C12H19NO/c1-10(2)14-9-5-7-11-6-3-4-8-12(11)13/h3-4,6,8,10H,5,7,9,13H2,1-2H3. The SMILES string of the molecule is CC(C)OCCCc1ccccc1N. The third kappa shape index (κ3) is 3.79. The fraction of sp³-hybridized carbons (Fsp3) is 0.500. The maximum Gasteiger partial charge on any atom is 0.0518 e. The normalized spacial score (nSPS) is 10.8. The van der Waals surface area contributed by atoms with Gasteiger partial charge in [0.2, 0.25) is 0 Å². The fourth-order valence-electron chi connectivity index (χ4n) is 1.34. The molecule has 0 saturated carbocycles. The van der Waals surface area contributed by atoms with E-state index in [9.17, 15) is 0 Å². The lowest BCUT2D eigenvalue weighted by Crippen LogP contribution is -2.05. The molecule has 0 amide bonds. The molecule has 0 aliphatic rings. The summed E-state index contributed by atoms with van der Waals surface area (Å²) in [6, 6.07) is 8.00. The van der Waals surface area contributed by atoms with Crippen LogP contribution in [-0.2, 0) is 11.2 Å². The number of anilines is 1. The summed E-state index contributed by atoms with van der Waals surface area (Å²) in [4.78, 5) is 0. The number of ether oxygens (including phenoxy) is 1. The maximum atomic E-state index is 5.82. The maximum absolute atomic E-state index is 5.82. The van der Waals surface area contributed by atoms with E-state index in [1.165, 1.54) is 5.56 Å². The van der Waals surface area contributed by atoms with E-state index in [2.05, 4.69) is 19.9 Å². The lowest BCUT2D eigenvalue weighted by Gasteiger charge is -2.08. The average Bonchev–Trinajstić information content (AvgIpc) is 2.15. The molecule has 0 saturated heterocycles. The van der Waals surface area contributed by atoms with Crippen LogP contribution in [-0.4, -0.2) is 12.7 Å². The third-order valence-corrected chi connectivity index (χ3v) is 2.10. The number of nitrogens with two attached hydrogens (primary N) is 1. The van der Waals surface area contributed by atoms with Gasteiger partial charge < -0.3 is 10.5 Å². The molecule has 0 aromatic heterocycles. The van der Waals surface area contributed by atoms with Crippen molar-refractivity contribution in [2.45, 2.75) is 32.8 Å². The van der Waals surface area contributed by atoms with Gasteiger partial charge in [0.1, 0.15) is 0 Å². The van der Waals surface area contributed by atoms with Crippen molar-refractivity contribution in [3.8, 4) is 0 Å². The second kappa shape index (κ2) is 5.66. The highest BCUT2D eigenvalue weighted by Crippen LogP contribution is 2.12. The monoisotopic (exact) mass is 193 g/mol. The van der Waals surface area contributed by atoms with Crippen molar-refractivity contribution in [2.24, 2.45) is 0 Å². The molecule has 0 aliphatic heterocycles. The Morgan fingerprint density at radius 2 is 2.00 bits per heavy atom. The molecule has 0 unspecified atom stereocenters. The van der Waals surface area contributed by atoms with Gasteiger partial charge in [-0.2, -0.15) is 0 Å². The van der Waals surface area contributed by atoms with Gasteiger partial charge >= 0.3 is 0 Å². The molecule has 0 radical (unpaired) electrons. The molecular weight excluding hydrogens is 174 g/mol. The van der Waals surface area contributed by atoms with Crippen LogP contribution in [0.2, 0.25) is 0 Å². The van der Waals surface area contributed by atoms with Gasteiger partial charge in [0, 0.05) is 12.3 Å². The summed E-state index contributed by atoms with van der Waals surface area (Å²) in [6.07, 6.45) is 2.36. The van der Waals surface area contributed by atoms with Gasteiger partial charge in [0.05, 0.1) is 6.10 Å². The summed E-state index contributed by atoms with van der Waals surface area (Å²) in [5.41, 5.74) is 7.93. The van der Waals surface area contributed by atoms with Gasteiger partial charge in [-0.15, -0.1) is 0 Å². The number of rotatable bonds is 5. The summed E-state index contributed by atoms with van der Waals surface area (Å²) < 4.78 is 5.46. The predicted octanol–water partition coefficient (Wildman–Crippen LogP) is 2.63. The average molecular weight is 193 g/mol. The molecule has 2 heteroatoms. The van der Waals surface area contributed by atoms with E-state index in [4.69, 9.17) is 10.5 Å². The molecule has 0 bridgehead atoms. The second-order valence-corrected chi connectivity index (χ2v) is 3.72. The molecule has 14 heavy (non-hydrogen) atoms. The van der Waals surface area contributed by atoms with E-state index in [0.29, 0.717) is 6.10 Å². The summed E-state index contributed by atoms with van der Waals surface area (Å²) >= 11 is 0. The Labute approximate surface area is 86.1 Å². The first kappa shape index (κ1) is 11.1. The number of benzene rings is 1. The minimum absolute atomic E-state index is 0.322. The highest BCUT2D eigenvalue weighted by Gasteiger charge is 1.98. The Morgan fingerprint density at radius 3 is 2.64 bits per heavy atom. The van der Waals surface area contributed by atoms with Crippen LogP contribution in [0.1, 0.15) is 25.8 Å². The zero-order valence-electron chi connectivity index (χ0n) is 8.99. The molecular formula is C12H19NO. The first-order chi connectivity index (χ1) is 6.70. The minimum atomic E-state index is 0.322. The Bertz CT molecular complexity index is 271. The number of para-hydroxylation sites is 1. The molecule has 0 heterocycles. The molecule has 0 aliphatic carbocycles. The molecule has 2 nitrogen and oxygen atoms in total. The van der Waals surface area contributed by atoms with Crippen molar-refractivity contribution in [3.63, 3.8) is 0 Å². The molecule has 2 N–H and O–H groups in total. The molecule has 1 aromatic carbocycles. The number of nitrogen functional groups attached to an aromatic ring is 1. The quantitative estimate of drug-likeness (QED) is 0.576. The van der Waals surface area contributed by atoms with Gasteiger partial charge in [-0.3, -0.25) is 0 Å². The summed E-state index contributed by atoms with van der Waals surface area (Å²) in [5.74, 6) is 0. The van der Waals surface area contributed by atoms with Crippen molar-refractivity contribution in [2.75, 3.05) is 12.3 Å². The van der Waals surface area contributed by atoms with Gasteiger partial charge in [-0.25, -0.2) is 0 Å². The van der Waals surface area contributed by atoms with Crippen LogP contribution in [0.4, 0.5) is 5.69 Å². The zero-order chi connectivity index (χ0) is 10.4. The number of aryl methyl sites for hydroxylation is 1. The largest absolute Gasteiger partial charge is 0.399 e. The zero-order valence-corrected chi connectivity index (χ0v) is 8.99. The van der Waals surface area contributed by atoms with Crippen LogP contribution in [0.15, 0.2) is 24.3 Å². The topological polar surface area (TPSA) is 35.2 Å². The van der Waals surface area contributed by atoms with Crippen molar-refractivity contribution >= 4 is 5.69 Å². The molecule has 78 valence electrons. The van der Waals surface area contributed by atoms with E-state index in [1.54, 1.807) is 0 Å². The Kier molecular flexibility index (Phi) is 4.47. The second-order valence-electron chi connectivity index (χ2n) is 3.72. The van der Waals surface area contributed by atoms with E-state index in [-0.39, 0.29) is 0 Å². The van der Waals surface area contributed by atoms with Gasteiger partial charge in [0.15, 0.2) is 0 Å². The van der Waals surface area contributed by atoms with Crippen molar-refractivity contribution < 1.29 is 4.74 Å². The van der Waals surface area contributed by atoms with Crippen molar-refractivity contribution in [1.29, 1.82) is 0 Å². The first-order valence-corrected chi connectivity index (χ1v) is 5.15. The molecule has 0 atom stereocenters. The summed E-state index contributed by atoms with van der Waals surface area (Å²) in [5, 5.41) is 0. The van der Waals surface area contributed by atoms with E-state index in [1.807, 2.05) is 18.2 Å². The van der Waals surface area contributed by atoms with E-state index in [0.717, 1.165) is 25.1 Å². The van der Waals surface area contributed by atoms with E-state index >= 15 is 0 Å². The number of hydrogen-bond acceptors (Lipinski definition) is 2. The van der Waals surface area contributed by atoms with Crippen LogP contribution in [0, 0.1) is 0 Å². The van der Waals surface area contributed by atoms with Crippen molar-refractivity contribution in [1.82, 2.24) is 0 Å². The summed E-state index contributed by atoms with van der Waals surface area (Å²) in [6.45, 7) is 4.92. The van der Waals surface area contributed by atoms with Gasteiger partial charge in [-0.05, 0) is 38.3 Å². The molecule has 1 rings (SSSR count). The van der Waals surface area contributed by atoms with Crippen LogP contribution >= 0.6 is 0 Å². The van der Waals surface area contributed by atoms with Crippen LogP contribution < -0.4 is 5.73 Å². The van der Waals surface area contributed by atoms with Crippen LogP contribution in [0.5, 0.6) is 0 Å². The third-order valence-electron chi connectivity index (χ3n) is 2.10. The first-order valence-electron chi connectivity index (χ1n) is 5.15. The lowest BCUT2D eigenvalue weighted by molar-refractivity contribution is 0.0772. The van der Waals surface area contributed by atoms with E-state index < -0.39 is 0 Å². The minimum Gasteiger partial charge on any atom is -0.399 e. The van der Waals surface area contributed by atoms with Crippen LogP contribution in [0.3, 0.4) is 0 Å². The number of hydrogen-bond donors (Lipinski definition) is 1. The van der Waals surface area contributed by atoms with Crippen molar-refractivity contribution in [3.05, 3.63) is 29.8 Å². The van der Waals surface area contributed by atoms with Gasteiger partial charge in [-0.1, -0.05) is 18.2 Å². The Hall–Kier alpha value is -1.02. The predicted molar refractivity (Wildman–Crippen MR) is 60.3 cm³/mol. The Morgan fingerprint density at radius 1 is 1.29 bits per heavy atom. The highest BCUT2D eigenvalue weighted by molar-refractivity contribution is 5.46. The Balaban J connectivity index is 2.28.